The number of carboxylic acids is 1. The van der Waals surface area contributed by atoms with E-state index in [-0.39, 0.29) is 0 Å². The number of carbonyl (C=O) groups is 1. The highest BCUT2D eigenvalue weighted by molar-refractivity contribution is 7.99. The fourth-order valence-electron chi connectivity index (χ4n) is 1.04. The van der Waals surface area contributed by atoms with Crippen LogP contribution in [0, 0.1) is 0 Å². The monoisotopic (exact) mass is 293 g/mol. The van der Waals surface area contributed by atoms with Gasteiger partial charge in [-0.3, -0.25) is 4.79 Å². The van der Waals surface area contributed by atoms with Gasteiger partial charge in [0.2, 0.25) is 0 Å². The van der Waals surface area contributed by atoms with E-state index in [9.17, 15) is 4.79 Å². The van der Waals surface area contributed by atoms with E-state index in [0.29, 0.717) is 15.8 Å². The van der Waals surface area contributed by atoms with Crippen molar-refractivity contribution in [2.45, 2.75) is 17.4 Å². The van der Waals surface area contributed by atoms with E-state index in [1.807, 2.05) is 6.07 Å². The van der Waals surface area contributed by atoms with Gasteiger partial charge in [0.15, 0.2) is 0 Å². The minimum Gasteiger partial charge on any atom is -0.480 e. The first-order chi connectivity index (χ1) is 7.89. The largest absolute Gasteiger partial charge is 0.480 e. The second-order valence-corrected chi connectivity index (χ2v) is 5.62. The molecule has 3 nitrogen and oxygen atoms in total. The molecule has 0 heterocycles. The molecule has 0 saturated carbocycles. The van der Waals surface area contributed by atoms with Gasteiger partial charge in [0.05, 0.1) is 10.0 Å². The quantitative estimate of drug-likeness (QED) is 0.819. The maximum atomic E-state index is 11.1. The van der Waals surface area contributed by atoms with Crippen molar-refractivity contribution in [3.05, 3.63) is 28.2 Å². The van der Waals surface area contributed by atoms with Crippen LogP contribution in [0.15, 0.2) is 23.1 Å². The van der Waals surface area contributed by atoms with Gasteiger partial charge >= 0.3 is 5.97 Å². The van der Waals surface area contributed by atoms with Crippen molar-refractivity contribution in [3.63, 3.8) is 0 Å². The molecule has 17 heavy (non-hydrogen) atoms. The lowest BCUT2D eigenvalue weighted by Crippen LogP contribution is -2.49. The second kappa shape index (κ2) is 5.96. The topological polar surface area (TPSA) is 49.3 Å². The normalized spacial score (nSPS) is 14.4. The lowest BCUT2D eigenvalue weighted by molar-refractivity contribution is -0.142. The van der Waals surface area contributed by atoms with Crippen molar-refractivity contribution >= 4 is 40.9 Å². The highest BCUT2D eigenvalue weighted by Crippen LogP contribution is 2.29. The fourth-order valence-corrected chi connectivity index (χ4v) is 2.49. The van der Waals surface area contributed by atoms with Crippen LogP contribution in [0.25, 0.3) is 0 Å². The Kier molecular flexibility index (Phi) is 5.13. The summed E-state index contributed by atoms with van der Waals surface area (Å²) in [5.74, 6) is -0.482. The Morgan fingerprint density at radius 1 is 1.47 bits per heavy atom. The predicted molar refractivity (Wildman–Crippen MR) is 72.3 cm³/mol. The van der Waals surface area contributed by atoms with Crippen LogP contribution >= 0.6 is 35.0 Å². The third kappa shape index (κ3) is 3.78. The van der Waals surface area contributed by atoms with Crippen LogP contribution in [0.4, 0.5) is 0 Å². The van der Waals surface area contributed by atoms with Crippen molar-refractivity contribution in [3.8, 4) is 0 Å². The molecule has 0 aliphatic heterocycles. The van der Waals surface area contributed by atoms with Crippen molar-refractivity contribution in [1.82, 2.24) is 5.32 Å². The van der Waals surface area contributed by atoms with Crippen LogP contribution in [0.3, 0.4) is 0 Å². The van der Waals surface area contributed by atoms with Crippen LogP contribution in [0.5, 0.6) is 0 Å². The first-order valence-corrected chi connectivity index (χ1v) is 6.63. The third-order valence-electron chi connectivity index (χ3n) is 2.44. The van der Waals surface area contributed by atoms with E-state index in [1.165, 1.54) is 11.8 Å². The number of hydrogen-bond donors (Lipinski definition) is 2. The van der Waals surface area contributed by atoms with Gasteiger partial charge in [-0.1, -0.05) is 23.2 Å². The number of rotatable bonds is 5. The number of thioether (sulfide) groups is 1. The van der Waals surface area contributed by atoms with Gasteiger partial charge < -0.3 is 10.4 Å². The van der Waals surface area contributed by atoms with Gasteiger partial charge in [0, 0.05) is 10.6 Å². The minimum atomic E-state index is -0.962. The number of benzene rings is 1. The summed E-state index contributed by atoms with van der Waals surface area (Å²) in [5.41, 5.74) is -0.962. The van der Waals surface area contributed by atoms with E-state index in [2.05, 4.69) is 5.32 Å². The molecule has 6 heteroatoms. The van der Waals surface area contributed by atoms with Crippen molar-refractivity contribution in [2.24, 2.45) is 0 Å². The number of aliphatic carboxylic acids is 1. The molecular weight excluding hydrogens is 281 g/mol. The molecule has 0 bridgehead atoms. The molecule has 1 rings (SSSR count). The molecule has 94 valence electrons. The molecular formula is C11H13Cl2NO2S. The van der Waals surface area contributed by atoms with Gasteiger partial charge in [-0.15, -0.1) is 11.8 Å². The first kappa shape index (κ1) is 14.6. The summed E-state index contributed by atoms with van der Waals surface area (Å²) in [4.78, 5) is 12.0. The van der Waals surface area contributed by atoms with Gasteiger partial charge in [-0.2, -0.15) is 0 Å². The molecule has 1 atom stereocenters. The Labute approximate surface area is 114 Å². The Bertz CT molecular complexity index is 428. The molecule has 0 aliphatic carbocycles. The summed E-state index contributed by atoms with van der Waals surface area (Å²) in [5, 5.41) is 12.8. The lowest BCUT2D eigenvalue weighted by Gasteiger charge is -2.23. The van der Waals surface area contributed by atoms with Crippen LogP contribution in [-0.2, 0) is 4.79 Å². The molecule has 0 fully saturated rings. The van der Waals surface area contributed by atoms with Crippen LogP contribution in [0.2, 0.25) is 10.0 Å². The highest BCUT2D eigenvalue weighted by Gasteiger charge is 2.31. The van der Waals surface area contributed by atoms with Gasteiger partial charge in [0.25, 0.3) is 0 Å². The molecule has 1 aromatic rings. The minimum absolute atomic E-state index is 0.400. The Morgan fingerprint density at radius 2 is 2.12 bits per heavy atom. The Balaban J connectivity index is 2.73. The standard InChI is InChI=1S/C11H13Cl2NO2S/c1-11(14-2,10(15)16)6-17-7-3-4-8(12)9(13)5-7/h3-5,14H,6H2,1-2H3,(H,15,16). The van der Waals surface area contributed by atoms with Crippen molar-refractivity contribution in [2.75, 3.05) is 12.8 Å². The molecule has 0 aliphatic rings. The predicted octanol–water partition coefficient (Wildman–Crippen LogP) is 3.15. The van der Waals surface area contributed by atoms with Gasteiger partial charge in [-0.05, 0) is 32.2 Å². The van der Waals surface area contributed by atoms with E-state index in [0.717, 1.165) is 4.90 Å². The van der Waals surface area contributed by atoms with Gasteiger partial charge in [0.1, 0.15) is 5.54 Å². The zero-order valence-electron chi connectivity index (χ0n) is 9.46. The van der Waals surface area contributed by atoms with E-state index < -0.39 is 11.5 Å². The van der Waals surface area contributed by atoms with Crippen LogP contribution in [0.1, 0.15) is 6.92 Å². The fraction of sp³-hybridized carbons (Fsp3) is 0.364. The second-order valence-electron chi connectivity index (χ2n) is 3.75. The number of halogens is 2. The van der Waals surface area contributed by atoms with E-state index in [4.69, 9.17) is 28.3 Å². The molecule has 0 spiro atoms. The van der Waals surface area contributed by atoms with E-state index >= 15 is 0 Å². The highest BCUT2D eigenvalue weighted by atomic mass is 35.5. The number of nitrogens with one attached hydrogen (secondary N) is 1. The summed E-state index contributed by atoms with van der Waals surface area (Å²) in [6.07, 6.45) is 0. The maximum Gasteiger partial charge on any atom is 0.324 e. The first-order valence-electron chi connectivity index (χ1n) is 4.89. The van der Waals surface area contributed by atoms with Gasteiger partial charge in [-0.25, -0.2) is 0 Å². The number of likely N-dealkylation sites (N-methyl/N-ethyl adjacent to an activating group) is 1. The molecule has 1 aromatic carbocycles. The zero-order chi connectivity index (χ0) is 13.1. The average molecular weight is 294 g/mol. The molecule has 2 N–H and O–H groups in total. The Morgan fingerprint density at radius 3 is 2.59 bits per heavy atom. The van der Waals surface area contributed by atoms with Crippen LogP contribution in [-0.4, -0.2) is 29.4 Å². The number of carboxylic acid groups (broad SMARTS) is 1. The molecule has 1 unspecified atom stereocenters. The molecule has 0 amide bonds. The van der Waals surface area contributed by atoms with E-state index in [1.54, 1.807) is 26.1 Å². The summed E-state index contributed by atoms with van der Waals surface area (Å²) in [6, 6.07) is 5.24. The van der Waals surface area contributed by atoms with Crippen molar-refractivity contribution < 1.29 is 9.90 Å². The summed E-state index contributed by atoms with van der Waals surface area (Å²) in [6.45, 7) is 1.64. The summed E-state index contributed by atoms with van der Waals surface area (Å²) < 4.78 is 0. The van der Waals surface area contributed by atoms with Crippen LogP contribution < -0.4 is 5.32 Å². The van der Waals surface area contributed by atoms with Crippen molar-refractivity contribution in [1.29, 1.82) is 0 Å². The summed E-state index contributed by atoms with van der Waals surface area (Å²) >= 11 is 13.1. The molecule has 0 aromatic heterocycles. The smallest absolute Gasteiger partial charge is 0.324 e. The zero-order valence-corrected chi connectivity index (χ0v) is 11.8. The number of hydrogen-bond acceptors (Lipinski definition) is 3. The maximum absolute atomic E-state index is 11.1. The Hall–Kier alpha value is -0.420. The molecule has 0 saturated heterocycles. The lowest BCUT2D eigenvalue weighted by atomic mass is 10.1. The summed E-state index contributed by atoms with van der Waals surface area (Å²) in [7, 11) is 1.63. The SMILES string of the molecule is CNC(C)(CSc1ccc(Cl)c(Cl)c1)C(=O)O. The third-order valence-corrected chi connectivity index (χ3v) is 4.49. The average Bonchev–Trinajstić information content (AvgIpc) is 2.30. The molecule has 0 radical (unpaired) electrons.